The van der Waals surface area contributed by atoms with E-state index in [0.29, 0.717) is 24.3 Å². The molecule has 138 valence electrons. The number of ether oxygens (including phenoxy) is 1. The van der Waals surface area contributed by atoms with Gasteiger partial charge in [-0.1, -0.05) is 0 Å². The van der Waals surface area contributed by atoms with E-state index >= 15 is 0 Å². The maximum atomic E-state index is 12.1. The first-order valence-electron chi connectivity index (χ1n) is 7.69. The van der Waals surface area contributed by atoms with Gasteiger partial charge in [0.15, 0.2) is 19.7 Å². The first-order valence-corrected chi connectivity index (χ1v) is 11.5. The lowest BCUT2D eigenvalue weighted by Crippen LogP contribution is -2.18. The SMILES string of the molecule is CS(=O)(=O)c1ccc(Oc2ccc3c(c2)CCC(=O)N3)c(S(C)(=O)=O)c1. The third-order valence-electron chi connectivity index (χ3n) is 3.94. The molecule has 9 heteroatoms. The summed E-state index contributed by atoms with van der Waals surface area (Å²) in [5.41, 5.74) is 1.58. The Morgan fingerprint density at radius 3 is 2.31 bits per heavy atom. The molecule has 0 aliphatic carbocycles. The molecule has 2 aromatic carbocycles. The van der Waals surface area contributed by atoms with Gasteiger partial charge < -0.3 is 10.1 Å². The van der Waals surface area contributed by atoms with Gasteiger partial charge in [-0.25, -0.2) is 16.8 Å². The number of benzene rings is 2. The van der Waals surface area contributed by atoms with E-state index in [9.17, 15) is 21.6 Å². The Morgan fingerprint density at radius 1 is 0.923 bits per heavy atom. The zero-order chi connectivity index (χ0) is 19.1. The zero-order valence-corrected chi connectivity index (χ0v) is 15.8. The summed E-state index contributed by atoms with van der Waals surface area (Å²) in [6.07, 6.45) is 2.93. The smallest absolute Gasteiger partial charge is 0.224 e. The largest absolute Gasteiger partial charge is 0.456 e. The van der Waals surface area contributed by atoms with Crippen LogP contribution in [0.3, 0.4) is 0 Å². The lowest BCUT2D eigenvalue weighted by atomic mass is 10.0. The van der Waals surface area contributed by atoms with E-state index in [1.54, 1.807) is 18.2 Å². The standard InChI is InChI=1S/C17H17NO6S2/c1-25(20,21)13-5-7-15(16(10-13)26(2,22)23)24-12-4-6-14-11(9-12)3-8-17(19)18-14/h4-7,9-10H,3,8H2,1-2H3,(H,18,19). The molecular weight excluding hydrogens is 378 g/mol. The second kappa shape index (κ2) is 6.40. The number of anilines is 1. The lowest BCUT2D eigenvalue weighted by Gasteiger charge is -2.18. The van der Waals surface area contributed by atoms with E-state index in [1.807, 2.05) is 0 Å². The average molecular weight is 395 g/mol. The summed E-state index contributed by atoms with van der Waals surface area (Å²) in [7, 11) is -7.26. The molecule has 0 saturated heterocycles. The molecule has 0 bridgehead atoms. The number of hydrogen-bond acceptors (Lipinski definition) is 6. The van der Waals surface area contributed by atoms with Gasteiger partial charge in [0, 0.05) is 24.6 Å². The monoisotopic (exact) mass is 395 g/mol. The van der Waals surface area contributed by atoms with Crippen molar-refractivity contribution in [3.8, 4) is 11.5 Å². The molecule has 26 heavy (non-hydrogen) atoms. The third kappa shape index (κ3) is 3.88. The Morgan fingerprint density at radius 2 is 1.65 bits per heavy atom. The van der Waals surface area contributed by atoms with Crippen molar-refractivity contribution in [2.45, 2.75) is 22.6 Å². The molecule has 7 nitrogen and oxygen atoms in total. The maximum absolute atomic E-state index is 12.1. The number of carbonyl (C=O) groups is 1. The van der Waals surface area contributed by atoms with Crippen molar-refractivity contribution in [2.75, 3.05) is 17.8 Å². The third-order valence-corrected chi connectivity index (χ3v) is 6.17. The molecule has 0 atom stereocenters. The number of carbonyl (C=O) groups excluding carboxylic acids is 1. The summed E-state index contributed by atoms with van der Waals surface area (Å²) in [6, 6.07) is 8.75. The summed E-state index contributed by atoms with van der Waals surface area (Å²) in [6.45, 7) is 0. The van der Waals surface area contributed by atoms with Crippen LogP contribution in [-0.2, 0) is 30.9 Å². The van der Waals surface area contributed by atoms with Gasteiger partial charge in [-0.05, 0) is 48.4 Å². The molecule has 0 radical (unpaired) electrons. The van der Waals surface area contributed by atoms with Gasteiger partial charge in [-0.3, -0.25) is 4.79 Å². The first-order chi connectivity index (χ1) is 12.0. The summed E-state index contributed by atoms with van der Waals surface area (Å²) in [5, 5.41) is 2.75. The van der Waals surface area contributed by atoms with Crippen LogP contribution >= 0.6 is 0 Å². The van der Waals surface area contributed by atoms with Crippen LogP contribution in [0.2, 0.25) is 0 Å². The van der Waals surface area contributed by atoms with Crippen LogP contribution in [0.15, 0.2) is 46.2 Å². The maximum Gasteiger partial charge on any atom is 0.224 e. The van der Waals surface area contributed by atoms with Crippen molar-refractivity contribution in [2.24, 2.45) is 0 Å². The van der Waals surface area contributed by atoms with Gasteiger partial charge in [0.25, 0.3) is 0 Å². The first kappa shape index (κ1) is 18.4. The van der Waals surface area contributed by atoms with Gasteiger partial charge in [-0.2, -0.15) is 0 Å². The zero-order valence-electron chi connectivity index (χ0n) is 14.1. The predicted molar refractivity (Wildman–Crippen MR) is 96.1 cm³/mol. The number of rotatable bonds is 4. The van der Waals surface area contributed by atoms with E-state index in [4.69, 9.17) is 4.74 Å². The van der Waals surface area contributed by atoms with Crippen molar-refractivity contribution >= 4 is 31.3 Å². The molecule has 0 saturated carbocycles. The molecule has 0 spiro atoms. The van der Waals surface area contributed by atoms with Crippen LogP contribution in [0.25, 0.3) is 0 Å². The topological polar surface area (TPSA) is 107 Å². The van der Waals surface area contributed by atoms with E-state index in [-0.39, 0.29) is 21.4 Å². The Labute approximate surface area is 151 Å². The number of hydrogen-bond donors (Lipinski definition) is 1. The predicted octanol–water partition coefficient (Wildman–Crippen LogP) is 2.17. The van der Waals surface area contributed by atoms with Crippen molar-refractivity contribution in [3.63, 3.8) is 0 Å². The summed E-state index contributed by atoms with van der Waals surface area (Å²) >= 11 is 0. The second-order valence-electron chi connectivity index (χ2n) is 6.12. The van der Waals surface area contributed by atoms with Gasteiger partial charge in [-0.15, -0.1) is 0 Å². The molecule has 1 aliphatic rings. The highest BCUT2D eigenvalue weighted by molar-refractivity contribution is 7.91. The van der Waals surface area contributed by atoms with Gasteiger partial charge in [0.2, 0.25) is 5.91 Å². The van der Waals surface area contributed by atoms with Crippen molar-refractivity contribution in [1.82, 2.24) is 0 Å². The molecule has 1 heterocycles. The molecule has 0 fully saturated rings. The Hall–Kier alpha value is -2.39. The summed E-state index contributed by atoms with van der Waals surface area (Å²) in [4.78, 5) is 11.1. The highest BCUT2D eigenvalue weighted by Gasteiger charge is 2.20. The average Bonchev–Trinajstić information content (AvgIpc) is 2.53. The summed E-state index contributed by atoms with van der Waals surface area (Å²) < 4.78 is 53.2. The number of amides is 1. The Balaban J connectivity index is 2.01. The molecule has 1 aliphatic heterocycles. The van der Waals surface area contributed by atoms with Gasteiger partial charge >= 0.3 is 0 Å². The van der Waals surface area contributed by atoms with E-state index < -0.39 is 19.7 Å². The van der Waals surface area contributed by atoms with Crippen LogP contribution in [0.5, 0.6) is 11.5 Å². The number of sulfone groups is 2. The minimum Gasteiger partial charge on any atom is -0.456 e. The van der Waals surface area contributed by atoms with Crippen LogP contribution in [0.1, 0.15) is 12.0 Å². The normalized spacial score (nSPS) is 14.5. The van der Waals surface area contributed by atoms with Crippen LogP contribution in [0.4, 0.5) is 5.69 Å². The van der Waals surface area contributed by atoms with Gasteiger partial charge in [0.05, 0.1) is 4.90 Å². The van der Waals surface area contributed by atoms with E-state index in [2.05, 4.69) is 5.32 Å². The number of fused-ring (bicyclic) bond motifs is 1. The van der Waals surface area contributed by atoms with Crippen LogP contribution in [-0.4, -0.2) is 35.3 Å². The fourth-order valence-electron chi connectivity index (χ4n) is 2.64. The molecule has 1 N–H and O–H groups in total. The van der Waals surface area contributed by atoms with Gasteiger partial charge in [0.1, 0.15) is 16.4 Å². The fourth-order valence-corrected chi connectivity index (χ4v) is 4.18. The highest BCUT2D eigenvalue weighted by Crippen LogP contribution is 2.33. The molecule has 0 aromatic heterocycles. The van der Waals surface area contributed by atoms with E-state index in [1.165, 1.54) is 12.1 Å². The quantitative estimate of drug-likeness (QED) is 0.850. The molecule has 2 aromatic rings. The van der Waals surface area contributed by atoms with Crippen molar-refractivity contribution in [3.05, 3.63) is 42.0 Å². The molecular formula is C17H17NO6S2. The minimum absolute atomic E-state index is 0.0414. The van der Waals surface area contributed by atoms with Crippen molar-refractivity contribution < 1.29 is 26.4 Å². The Bertz CT molecular complexity index is 1100. The molecule has 0 unspecified atom stereocenters. The lowest BCUT2D eigenvalue weighted by molar-refractivity contribution is -0.116. The number of nitrogens with one attached hydrogen (secondary N) is 1. The number of aryl methyl sites for hydroxylation is 1. The van der Waals surface area contributed by atoms with E-state index in [0.717, 1.165) is 24.1 Å². The molecule has 3 rings (SSSR count). The summed E-state index contributed by atoms with van der Waals surface area (Å²) in [5.74, 6) is 0.387. The Kier molecular flexibility index (Phi) is 4.53. The second-order valence-corrected chi connectivity index (χ2v) is 10.1. The fraction of sp³-hybridized carbons (Fsp3) is 0.235. The molecule has 1 amide bonds. The van der Waals surface area contributed by atoms with Crippen molar-refractivity contribution in [1.29, 1.82) is 0 Å². The van der Waals surface area contributed by atoms with Crippen LogP contribution < -0.4 is 10.1 Å². The minimum atomic E-state index is -3.71. The highest BCUT2D eigenvalue weighted by atomic mass is 32.2. The van der Waals surface area contributed by atoms with Crippen LogP contribution in [0, 0.1) is 0 Å².